The Balaban J connectivity index is 0.000000198. The number of benzene rings is 2. The third-order valence-corrected chi connectivity index (χ3v) is 18.4. The van der Waals surface area contributed by atoms with Crippen molar-refractivity contribution in [2.45, 2.75) is 115 Å². The number of nitrogens with one attached hydrogen (secondary N) is 4. The third-order valence-electron chi connectivity index (χ3n) is 18.3. The van der Waals surface area contributed by atoms with E-state index in [-0.39, 0.29) is 49.1 Å². The maximum absolute atomic E-state index is 12.5. The first-order chi connectivity index (χ1) is 43.1. The summed E-state index contributed by atoms with van der Waals surface area (Å²) in [5.74, 6) is 6.93. The number of nitrogens with zero attached hydrogens (tertiary/aromatic N) is 2. The number of rotatable bonds is 21. The summed E-state index contributed by atoms with van der Waals surface area (Å²) in [4.78, 5) is 91.6. The lowest BCUT2D eigenvalue weighted by Gasteiger charge is -2.19. The molecule has 0 saturated heterocycles. The topological polar surface area (TPSA) is 322 Å². The van der Waals surface area contributed by atoms with E-state index in [1.165, 1.54) is 74.2 Å². The number of amides is 4. The van der Waals surface area contributed by atoms with Gasteiger partial charge >= 0.3 is 36.0 Å². The van der Waals surface area contributed by atoms with Gasteiger partial charge in [-0.3, -0.25) is 20.2 Å². The minimum Gasteiger partial charge on any atom is -0.449 e. The summed E-state index contributed by atoms with van der Waals surface area (Å²) in [6.45, 7) is 1.32. The van der Waals surface area contributed by atoms with E-state index in [2.05, 4.69) is 74.6 Å². The van der Waals surface area contributed by atoms with Gasteiger partial charge < -0.3 is 59.5 Å². The number of nitro groups is 2. The maximum Gasteiger partial charge on any atom is 0.514 e. The Bertz CT molecular complexity index is 2660. The van der Waals surface area contributed by atoms with Crippen LogP contribution in [0, 0.1) is 91.2 Å². The number of nitro benzene ring substituents is 2. The second-order valence-corrected chi connectivity index (χ2v) is 24.3. The van der Waals surface area contributed by atoms with Crippen molar-refractivity contribution in [2.24, 2.45) is 71.0 Å². The van der Waals surface area contributed by atoms with Crippen LogP contribution in [-0.2, 0) is 23.7 Å². The molecule has 0 radical (unpaired) electrons. The molecular formula is C64H83ClN6O18. The summed E-state index contributed by atoms with van der Waals surface area (Å²) in [7, 11) is 0. The van der Waals surface area contributed by atoms with Crippen LogP contribution in [0.25, 0.3) is 0 Å². The highest BCUT2D eigenvalue weighted by Crippen LogP contribution is 2.55. The quantitative estimate of drug-likeness (QED) is 0.0147. The molecular weight excluding hydrogens is 1180 g/mol. The van der Waals surface area contributed by atoms with Crippen molar-refractivity contribution >= 4 is 58.9 Å². The number of aliphatic hydroxyl groups excluding tert-OH is 1. The fourth-order valence-corrected chi connectivity index (χ4v) is 13.4. The van der Waals surface area contributed by atoms with Gasteiger partial charge in [-0.25, -0.2) is 28.8 Å². The van der Waals surface area contributed by atoms with Gasteiger partial charge in [-0.15, -0.1) is 0 Å². The minimum absolute atomic E-state index is 0.0281. The first-order valence-corrected chi connectivity index (χ1v) is 31.6. The van der Waals surface area contributed by atoms with Crippen LogP contribution in [-0.4, -0.2) is 116 Å². The van der Waals surface area contributed by atoms with Crippen molar-refractivity contribution in [2.75, 3.05) is 52.6 Å². The van der Waals surface area contributed by atoms with Crippen LogP contribution in [0.1, 0.15) is 103 Å². The Morgan fingerprint density at radius 3 is 0.955 bits per heavy atom. The molecule has 0 aromatic heterocycles. The zero-order chi connectivity index (χ0) is 63.1. The number of hydrogen-bond acceptors (Lipinski definition) is 18. The van der Waals surface area contributed by atoms with Gasteiger partial charge in [0.25, 0.3) is 11.4 Å². The molecule has 4 amide bonds. The van der Waals surface area contributed by atoms with Crippen LogP contribution in [0.2, 0.25) is 0 Å². The summed E-state index contributed by atoms with van der Waals surface area (Å²) in [6.07, 6.45) is 30.4. The van der Waals surface area contributed by atoms with E-state index in [0.717, 1.165) is 77.0 Å². The number of carbonyl (C=O) groups is 6. The Morgan fingerprint density at radius 2 is 0.697 bits per heavy atom. The van der Waals surface area contributed by atoms with Gasteiger partial charge in [-0.2, -0.15) is 0 Å². The predicted molar refractivity (Wildman–Crippen MR) is 325 cm³/mol. The van der Waals surface area contributed by atoms with Crippen molar-refractivity contribution in [3.63, 3.8) is 0 Å². The van der Waals surface area contributed by atoms with Crippen molar-refractivity contribution in [3.8, 4) is 11.5 Å². The molecule has 8 aliphatic carbocycles. The Labute approximate surface area is 522 Å². The zero-order valence-corrected chi connectivity index (χ0v) is 50.7. The van der Waals surface area contributed by atoms with E-state index in [1.807, 2.05) is 0 Å². The second-order valence-electron chi connectivity index (χ2n) is 24.0. The third kappa shape index (κ3) is 22.4. The molecule has 0 spiro atoms. The van der Waals surface area contributed by atoms with Gasteiger partial charge in [-0.05, 0) is 198 Å². The van der Waals surface area contributed by atoms with E-state index in [1.54, 1.807) is 0 Å². The predicted octanol–water partition coefficient (Wildman–Crippen LogP) is 12.0. The molecule has 2 aromatic rings. The van der Waals surface area contributed by atoms with E-state index < -0.39 is 58.0 Å². The van der Waals surface area contributed by atoms with Crippen molar-refractivity contribution in [1.82, 2.24) is 21.3 Å². The van der Waals surface area contributed by atoms with Gasteiger partial charge in [0.05, 0.1) is 55.5 Å². The summed E-state index contributed by atoms with van der Waals surface area (Å²) in [5, 5.41) is 41.5. The van der Waals surface area contributed by atoms with E-state index in [9.17, 15) is 54.1 Å². The van der Waals surface area contributed by atoms with E-state index in [4.69, 9.17) is 40.0 Å². The molecule has 12 atom stereocenters. The smallest absolute Gasteiger partial charge is 0.449 e. The minimum atomic E-state index is -1.10. The molecule has 25 heteroatoms. The number of allylic oxidation sites excluding steroid dienone is 8. The highest BCUT2D eigenvalue weighted by molar-refractivity contribution is 6.61. The molecule has 0 heterocycles. The largest absolute Gasteiger partial charge is 0.514 e. The fourth-order valence-electron chi connectivity index (χ4n) is 13.3. The molecule has 0 bridgehead atoms. The van der Waals surface area contributed by atoms with Crippen molar-refractivity contribution < 1.29 is 76.9 Å². The molecule has 0 aliphatic heterocycles. The number of ether oxygens (including phenoxy) is 7. The average molecular weight is 1260 g/mol. The second kappa shape index (κ2) is 34.3. The van der Waals surface area contributed by atoms with Crippen LogP contribution in [0.4, 0.5) is 40.1 Å². The first kappa shape index (κ1) is 67.2. The monoisotopic (exact) mass is 1260 g/mol. The number of hydrogen-bond donors (Lipinski definition) is 5. The standard InChI is InChI=1S/C32H41N3O9.C25H38N2O5.C7H4ClNO4/c36-30(41-19-28-24-9-5-1-2-6-10-25(24)28)33-17-23(44-32(38)43-22-15-13-21(14-16-22)35(39)40)18-34-31(37)42-20-29-26-11-7-3-4-8-12-27(26)29;28-17(13-26-24(29)31-15-22-18-9-5-1-2-6-10-19(18)22)14-27-25(30)32-16-23-20-11-7-3-4-8-12-21(20)23;8-7(10)13-6-3-1-5(2-4-6)9(11)12/h1-4,13-16,23-29H,5-12,17-20H2,(H,33,36)(H,34,37);1-4,17-23,28H,5-16H2,(H,26,29)(H,27,30);1-4H/b2*2-1+,4-3+;/t23?,24-,25+,26-,27+,28?,29?;17?,18-,19+,20-,21+,22?,23?;. The molecule has 8 aliphatic rings. The summed E-state index contributed by atoms with van der Waals surface area (Å²) < 4.78 is 36.6. The SMILES string of the molecule is O=C(Cl)Oc1ccc([N+](=O)[O-])cc1.O=C(NCC(CNC(=O)OCC1[C@H]2CC/C=C/CC[C@@H]12)OC(=O)Oc1ccc([N+](=O)[O-])cc1)OCC1[C@H]2CC/C=C/CC[C@@H]12.O=C(NCC(O)CNC(=O)OCC1[C@H]2CC/C=C/CC[C@@H]12)OCC1[C@H]2CC/C=C/CC[C@@H]12. The number of fused-ring (bicyclic) bond motifs is 4. The molecule has 24 nitrogen and oxygen atoms in total. The Kier molecular flexibility index (Phi) is 25.9. The Hall–Kier alpha value is -7.73. The van der Waals surface area contributed by atoms with Crippen LogP contribution in [0.3, 0.4) is 0 Å². The molecule has 4 fully saturated rings. The van der Waals surface area contributed by atoms with Gasteiger partial charge in [0.2, 0.25) is 0 Å². The van der Waals surface area contributed by atoms with Crippen molar-refractivity contribution in [1.29, 1.82) is 0 Å². The zero-order valence-electron chi connectivity index (χ0n) is 50.0. The van der Waals surface area contributed by atoms with Gasteiger partial charge in [0, 0.05) is 49.0 Å². The van der Waals surface area contributed by atoms with Crippen LogP contribution < -0.4 is 30.7 Å². The lowest BCUT2D eigenvalue weighted by Crippen LogP contribution is -2.43. The summed E-state index contributed by atoms with van der Waals surface area (Å²) in [5.41, 5.74) is -1.21. The Morgan fingerprint density at radius 1 is 0.438 bits per heavy atom. The molecule has 4 unspecified atom stereocenters. The molecule has 10 rings (SSSR count). The van der Waals surface area contributed by atoms with Gasteiger partial charge in [-0.1, -0.05) is 48.6 Å². The van der Waals surface area contributed by atoms with Gasteiger partial charge in [0.1, 0.15) is 17.6 Å². The van der Waals surface area contributed by atoms with Crippen molar-refractivity contribution in [3.05, 3.63) is 117 Å². The fraction of sp³-hybridized carbons (Fsp3) is 0.594. The van der Waals surface area contributed by atoms with Crippen LogP contribution in [0.15, 0.2) is 97.1 Å². The average Bonchev–Trinajstić information content (AvgIpc) is 2.03. The van der Waals surface area contributed by atoms with E-state index >= 15 is 0 Å². The van der Waals surface area contributed by atoms with Crippen LogP contribution in [0.5, 0.6) is 11.5 Å². The normalized spacial score (nSPS) is 28.5. The summed E-state index contributed by atoms with van der Waals surface area (Å²) in [6, 6.07) is 9.94. The maximum atomic E-state index is 12.5. The number of alkyl carbamates (subject to hydrolysis) is 4. The highest BCUT2D eigenvalue weighted by atomic mass is 35.5. The van der Waals surface area contributed by atoms with Crippen LogP contribution >= 0.6 is 11.6 Å². The number of halogens is 1. The van der Waals surface area contributed by atoms with Gasteiger partial charge in [0.15, 0.2) is 0 Å². The molecule has 89 heavy (non-hydrogen) atoms. The molecule has 484 valence electrons. The lowest BCUT2D eigenvalue weighted by atomic mass is 10.1. The number of aliphatic hydroxyl groups is 1. The molecule has 2 aromatic carbocycles. The van der Waals surface area contributed by atoms with E-state index in [0.29, 0.717) is 97.4 Å². The lowest BCUT2D eigenvalue weighted by molar-refractivity contribution is -0.385. The number of non-ortho nitro benzene ring substituents is 2. The molecule has 4 saturated carbocycles. The molecule has 5 N–H and O–H groups in total. The first-order valence-electron chi connectivity index (χ1n) is 31.3. The summed E-state index contributed by atoms with van der Waals surface area (Å²) >= 11 is 4.92. The highest BCUT2D eigenvalue weighted by Gasteiger charge is 2.52. The number of carbonyl (C=O) groups excluding carboxylic acids is 6.